The highest BCUT2D eigenvalue weighted by atomic mass is 35.5. The van der Waals surface area contributed by atoms with Gasteiger partial charge in [0.2, 0.25) is 0 Å². The van der Waals surface area contributed by atoms with Crippen molar-refractivity contribution in [3.05, 3.63) is 64.7 Å². The predicted octanol–water partition coefficient (Wildman–Crippen LogP) is 4.30. The van der Waals surface area contributed by atoms with Crippen molar-refractivity contribution in [2.75, 3.05) is 0 Å². The Morgan fingerprint density at radius 1 is 1.06 bits per heavy atom. The van der Waals surface area contributed by atoms with E-state index in [1.807, 2.05) is 36.4 Å². The summed E-state index contributed by atoms with van der Waals surface area (Å²) in [7, 11) is 0. The number of cyclic esters (lactones) is 1. The van der Waals surface area contributed by atoms with Gasteiger partial charge in [0.05, 0.1) is 5.56 Å². The van der Waals surface area contributed by atoms with E-state index in [2.05, 4.69) is 0 Å². The summed E-state index contributed by atoms with van der Waals surface area (Å²) in [5.41, 5.74) is 1.07. The number of ether oxygens (including phenoxy) is 1. The minimum Gasteiger partial charge on any atom is -0.442 e. The zero-order valence-electron chi connectivity index (χ0n) is 9.30. The Morgan fingerprint density at radius 3 is 2.61 bits per heavy atom. The van der Waals surface area contributed by atoms with Gasteiger partial charge in [-0.05, 0) is 18.2 Å². The third-order valence-electron chi connectivity index (χ3n) is 2.71. The van der Waals surface area contributed by atoms with Crippen molar-refractivity contribution in [2.24, 2.45) is 0 Å². The molecule has 2 aromatic carbocycles. The smallest absolute Gasteiger partial charge is 0.340 e. The first-order valence-corrected chi connectivity index (χ1v) is 6.72. The molecule has 90 valence electrons. The Hall–Kier alpha value is -1.45. The fraction of sp³-hybridized carbons (Fsp3) is 0.0714. The van der Waals surface area contributed by atoms with Gasteiger partial charge in [-0.2, -0.15) is 0 Å². The number of esters is 1. The van der Waals surface area contributed by atoms with Crippen molar-refractivity contribution in [2.45, 2.75) is 10.3 Å². The van der Waals surface area contributed by atoms with Gasteiger partial charge in [-0.1, -0.05) is 53.7 Å². The lowest BCUT2D eigenvalue weighted by Crippen LogP contribution is -2.15. The van der Waals surface area contributed by atoms with E-state index in [0.29, 0.717) is 10.6 Å². The van der Waals surface area contributed by atoms with E-state index >= 15 is 0 Å². The number of carbonyl (C=O) groups is 1. The van der Waals surface area contributed by atoms with E-state index in [-0.39, 0.29) is 11.4 Å². The Labute approximate surface area is 114 Å². The largest absolute Gasteiger partial charge is 0.442 e. The van der Waals surface area contributed by atoms with Crippen molar-refractivity contribution >= 4 is 29.3 Å². The SMILES string of the molecule is O=C1OC(c2ccccc2Cl)Sc2ccccc21. The maximum atomic E-state index is 11.9. The molecule has 2 aromatic rings. The van der Waals surface area contributed by atoms with Crippen LogP contribution >= 0.6 is 23.4 Å². The number of fused-ring (bicyclic) bond motifs is 1. The van der Waals surface area contributed by atoms with E-state index in [1.54, 1.807) is 12.1 Å². The first-order chi connectivity index (χ1) is 8.75. The lowest BCUT2D eigenvalue weighted by Gasteiger charge is -2.24. The van der Waals surface area contributed by atoms with Crippen LogP contribution in [0.4, 0.5) is 0 Å². The fourth-order valence-electron chi connectivity index (χ4n) is 1.83. The summed E-state index contributed by atoms with van der Waals surface area (Å²) < 4.78 is 5.42. The molecule has 0 aliphatic carbocycles. The van der Waals surface area contributed by atoms with Crippen LogP contribution in [-0.4, -0.2) is 5.97 Å². The third-order valence-corrected chi connectivity index (χ3v) is 4.23. The summed E-state index contributed by atoms with van der Waals surface area (Å²) in [6, 6.07) is 14.8. The summed E-state index contributed by atoms with van der Waals surface area (Å²) in [5, 5.41) is 0.613. The van der Waals surface area contributed by atoms with Crippen LogP contribution in [0.25, 0.3) is 0 Å². The summed E-state index contributed by atoms with van der Waals surface area (Å²) in [6.45, 7) is 0. The summed E-state index contributed by atoms with van der Waals surface area (Å²) in [6.07, 6.45) is 0. The summed E-state index contributed by atoms with van der Waals surface area (Å²) >= 11 is 7.63. The van der Waals surface area contributed by atoms with Crippen LogP contribution in [0, 0.1) is 0 Å². The molecule has 1 atom stereocenters. The van der Waals surface area contributed by atoms with Crippen LogP contribution < -0.4 is 0 Å². The Kier molecular flexibility index (Phi) is 3.02. The highest BCUT2D eigenvalue weighted by Crippen LogP contribution is 2.44. The topological polar surface area (TPSA) is 26.3 Å². The van der Waals surface area contributed by atoms with Gasteiger partial charge in [0, 0.05) is 15.5 Å². The molecule has 1 unspecified atom stereocenters. The average Bonchev–Trinajstić information content (AvgIpc) is 2.39. The Balaban J connectivity index is 2.00. The molecule has 0 spiro atoms. The number of benzene rings is 2. The molecular formula is C14H9ClO2S. The Morgan fingerprint density at radius 2 is 1.78 bits per heavy atom. The molecule has 0 fully saturated rings. The Bertz CT molecular complexity index is 612. The zero-order valence-corrected chi connectivity index (χ0v) is 10.9. The van der Waals surface area contributed by atoms with Crippen molar-refractivity contribution < 1.29 is 9.53 Å². The molecule has 1 heterocycles. The van der Waals surface area contributed by atoms with Gasteiger partial charge in [0.25, 0.3) is 0 Å². The average molecular weight is 277 g/mol. The van der Waals surface area contributed by atoms with E-state index < -0.39 is 0 Å². The van der Waals surface area contributed by atoms with Crippen LogP contribution in [0.1, 0.15) is 21.4 Å². The molecule has 0 bridgehead atoms. The van der Waals surface area contributed by atoms with Crippen molar-refractivity contribution in [1.29, 1.82) is 0 Å². The van der Waals surface area contributed by atoms with E-state index in [1.165, 1.54) is 11.8 Å². The standard InChI is InChI=1S/C14H9ClO2S/c15-11-7-3-1-5-9(11)14-17-13(16)10-6-2-4-8-12(10)18-14/h1-8,14H. The second kappa shape index (κ2) is 4.67. The molecule has 18 heavy (non-hydrogen) atoms. The van der Waals surface area contributed by atoms with Gasteiger partial charge >= 0.3 is 5.97 Å². The molecule has 4 heteroatoms. The fourth-order valence-corrected chi connectivity index (χ4v) is 3.26. The van der Waals surface area contributed by atoms with Crippen LogP contribution in [0.15, 0.2) is 53.4 Å². The lowest BCUT2D eigenvalue weighted by molar-refractivity contribution is 0.0440. The molecule has 0 radical (unpaired) electrons. The molecule has 0 aromatic heterocycles. The minimum absolute atomic E-state index is 0.297. The molecule has 0 saturated heterocycles. The van der Waals surface area contributed by atoms with Gasteiger partial charge in [-0.15, -0.1) is 0 Å². The highest BCUT2D eigenvalue weighted by molar-refractivity contribution is 7.99. The van der Waals surface area contributed by atoms with Gasteiger partial charge in [-0.25, -0.2) is 4.79 Å². The maximum Gasteiger partial charge on any atom is 0.340 e. The van der Waals surface area contributed by atoms with Gasteiger partial charge < -0.3 is 4.74 Å². The highest BCUT2D eigenvalue weighted by Gasteiger charge is 2.28. The maximum absolute atomic E-state index is 11.9. The second-order valence-electron chi connectivity index (χ2n) is 3.87. The molecule has 2 nitrogen and oxygen atoms in total. The zero-order chi connectivity index (χ0) is 12.5. The van der Waals surface area contributed by atoms with Crippen molar-refractivity contribution in [3.8, 4) is 0 Å². The molecular weight excluding hydrogens is 268 g/mol. The number of thioether (sulfide) groups is 1. The minimum atomic E-state index is -0.374. The predicted molar refractivity (Wildman–Crippen MR) is 71.9 cm³/mol. The van der Waals surface area contributed by atoms with Crippen LogP contribution in [0.3, 0.4) is 0 Å². The van der Waals surface area contributed by atoms with E-state index in [4.69, 9.17) is 16.3 Å². The third kappa shape index (κ3) is 2.00. The van der Waals surface area contributed by atoms with Gasteiger partial charge in [-0.3, -0.25) is 0 Å². The summed E-state index contributed by atoms with van der Waals surface area (Å²) in [4.78, 5) is 12.8. The van der Waals surface area contributed by atoms with Crippen molar-refractivity contribution in [1.82, 2.24) is 0 Å². The molecule has 1 aliphatic rings. The summed E-state index contributed by atoms with van der Waals surface area (Å²) in [5.74, 6) is -0.297. The number of halogens is 1. The molecule has 0 N–H and O–H groups in total. The van der Waals surface area contributed by atoms with Gasteiger partial charge in [0.15, 0.2) is 5.44 Å². The first-order valence-electron chi connectivity index (χ1n) is 5.47. The number of rotatable bonds is 1. The number of carbonyl (C=O) groups excluding carboxylic acids is 1. The molecule has 1 aliphatic heterocycles. The lowest BCUT2D eigenvalue weighted by atomic mass is 10.2. The van der Waals surface area contributed by atoms with Crippen molar-refractivity contribution in [3.63, 3.8) is 0 Å². The molecule has 3 rings (SSSR count). The van der Waals surface area contributed by atoms with Crippen LogP contribution in [0.2, 0.25) is 5.02 Å². The quantitative estimate of drug-likeness (QED) is 0.727. The van der Waals surface area contributed by atoms with E-state index in [0.717, 1.165) is 10.5 Å². The van der Waals surface area contributed by atoms with Crippen LogP contribution in [0.5, 0.6) is 0 Å². The number of hydrogen-bond donors (Lipinski definition) is 0. The monoisotopic (exact) mass is 276 g/mol. The number of hydrogen-bond acceptors (Lipinski definition) is 3. The molecule has 0 amide bonds. The first kappa shape index (κ1) is 11.6. The van der Waals surface area contributed by atoms with Crippen LogP contribution in [-0.2, 0) is 4.74 Å². The van der Waals surface area contributed by atoms with E-state index in [9.17, 15) is 4.79 Å². The van der Waals surface area contributed by atoms with Gasteiger partial charge in [0.1, 0.15) is 0 Å². The molecule has 0 saturated carbocycles. The second-order valence-corrected chi connectivity index (χ2v) is 5.38. The normalized spacial score (nSPS) is 18.1.